The molecule has 2 aromatic rings. The highest BCUT2D eigenvalue weighted by Gasteiger charge is 2.31. The summed E-state index contributed by atoms with van der Waals surface area (Å²) in [6.45, 7) is 1.37. The average Bonchev–Trinajstić information content (AvgIpc) is 2.90. The van der Waals surface area contributed by atoms with Gasteiger partial charge in [0.05, 0.1) is 6.10 Å². The molecule has 0 saturated carbocycles. The number of hydrogen-bond acceptors (Lipinski definition) is 7. The summed E-state index contributed by atoms with van der Waals surface area (Å²) < 4.78 is 0. The molecule has 0 heterocycles. The molecule has 0 aliphatic heterocycles. The van der Waals surface area contributed by atoms with Crippen molar-refractivity contribution in [2.45, 2.75) is 56.5 Å². The molecule has 3 amide bonds. The fourth-order valence-corrected chi connectivity index (χ4v) is 4.12. The summed E-state index contributed by atoms with van der Waals surface area (Å²) in [5.41, 5.74) is 7.25. The second-order valence-corrected chi connectivity index (χ2v) is 9.93. The number of benzene rings is 2. The van der Waals surface area contributed by atoms with Crippen LogP contribution in [-0.2, 0) is 32.0 Å². The molecule has 0 radical (unpaired) electrons. The number of carbonyl (C=O) groups is 4. The van der Waals surface area contributed by atoms with Crippen molar-refractivity contribution in [1.29, 1.82) is 0 Å². The van der Waals surface area contributed by atoms with Gasteiger partial charge in [0, 0.05) is 12.8 Å². The number of thioether (sulfide) groups is 1. The highest BCUT2D eigenvalue weighted by atomic mass is 32.2. The maximum atomic E-state index is 13.3. The average molecular weight is 545 g/mol. The van der Waals surface area contributed by atoms with Gasteiger partial charge in [-0.05, 0) is 36.5 Å². The fourth-order valence-electron chi connectivity index (χ4n) is 3.65. The molecular formula is C27H36N4O6S. The van der Waals surface area contributed by atoms with E-state index in [2.05, 4.69) is 16.0 Å². The second kappa shape index (κ2) is 15.8. The van der Waals surface area contributed by atoms with E-state index in [1.807, 2.05) is 18.4 Å². The van der Waals surface area contributed by atoms with Gasteiger partial charge >= 0.3 is 5.97 Å². The molecule has 5 unspecified atom stereocenters. The molecule has 11 heteroatoms. The molecular weight excluding hydrogens is 508 g/mol. The van der Waals surface area contributed by atoms with Gasteiger partial charge in [-0.15, -0.1) is 0 Å². The number of aliphatic hydroxyl groups excluding tert-OH is 1. The van der Waals surface area contributed by atoms with E-state index in [0.717, 1.165) is 11.1 Å². The number of carbonyl (C=O) groups excluding carboxylic acids is 3. The van der Waals surface area contributed by atoms with Crippen molar-refractivity contribution in [3.63, 3.8) is 0 Å². The topological polar surface area (TPSA) is 171 Å². The quantitative estimate of drug-likeness (QED) is 0.188. The van der Waals surface area contributed by atoms with Crippen molar-refractivity contribution in [1.82, 2.24) is 16.0 Å². The van der Waals surface area contributed by atoms with E-state index in [0.29, 0.717) is 5.75 Å². The van der Waals surface area contributed by atoms with E-state index < -0.39 is 54.0 Å². The summed E-state index contributed by atoms with van der Waals surface area (Å²) in [4.78, 5) is 50.9. The number of carboxylic acid groups (broad SMARTS) is 1. The standard InChI is InChI=1S/C27H36N4O6S/c1-17(32)23(28)26(35)30-21(15-18-9-5-3-6-10-18)25(34)29-20(13-14-38-2)24(33)31-22(27(36)37)16-19-11-7-4-8-12-19/h3-12,17,20-23,32H,13-16,28H2,1-2H3,(H,29,34)(H,30,35)(H,31,33)(H,36,37). The molecule has 0 spiro atoms. The highest BCUT2D eigenvalue weighted by Crippen LogP contribution is 2.09. The van der Waals surface area contributed by atoms with Crippen LogP contribution >= 0.6 is 11.8 Å². The minimum Gasteiger partial charge on any atom is -0.480 e. The first-order chi connectivity index (χ1) is 18.1. The Bertz CT molecular complexity index is 1050. The van der Waals surface area contributed by atoms with Crippen LogP contribution in [0.2, 0.25) is 0 Å². The molecule has 206 valence electrons. The van der Waals surface area contributed by atoms with Crippen molar-refractivity contribution >= 4 is 35.5 Å². The van der Waals surface area contributed by atoms with Crippen LogP contribution in [0.1, 0.15) is 24.5 Å². The van der Waals surface area contributed by atoms with Gasteiger partial charge < -0.3 is 31.9 Å². The van der Waals surface area contributed by atoms with Crippen LogP contribution in [0, 0.1) is 0 Å². The van der Waals surface area contributed by atoms with Crippen LogP contribution in [0.25, 0.3) is 0 Å². The molecule has 0 aliphatic carbocycles. The van der Waals surface area contributed by atoms with Gasteiger partial charge in [-0.1, -0.05) is 60.7 Å². The zero-order valence-corrected chi connectivity index (χ0v) is 22.3. The number of nitrogens with two attached hydrogens (primary N) is 1. The summed E-state index contributed by atoms with van der Waals surface area (Å²) >= 11 is 1.47. The molecule has 0 aromatic heterocycles. The molecule has 0 fully saturated rings. The number of rotatable bonds is 15. The lowest BCUT2D eigenvalue weighted by Crippen LogP contribution is -2.58. The van der Waals surface area contributed by atoms with E-state index in [1.165, 1.54) is 18.7 Å². The molecule has 38 heavy (non-hydrogen) atoms. The van der Waals surface area contributed by atoms with Crippen LogP contribution in [0.3, 0.4) is 0 Å². The first kappa shape index (κ1) is 30.8. The summed E-state index contributed by atoms with van der Waals surface area (Å²) in [5.74, 6) is -2.65. The smallest absolute Gasteiger partial charge is 0.326 e. The van der Waals surface area contributed by atoms with Crippen LogP contribution < -0.4 is 21.7 Å². The Morgan fingerprint density at radius 3 is 1.71 bits per heavy atom. The predicted molar refractivity (Wildman–Crippen MR) is 146 cm³/mol. The zero-order chi connectivity index (χ0) is 28.1. The summed E-state index contributed by atoms with van der Waals surface area (Å²) in [5, 5.41) is 27.2. The number of aliphatic carboxylic acids is 1. The minimum atomic E-state index is -1.24. The normalized spacial score (nSPS) is 14.8. The molecule has 0 aliphatic rings. The predicted octanol–water partition coefficient (Wildman–Crippen LogP) is 0.472. The van der Waals surface area contributed by atoms with E-state index in [1.54, 1.807) is 48.5 Å². The Labute approximate surface area is 226 Å². The highest BCUT2D eigenvalue weighted by molar-refractivity contribution is 7.98. The van der Waals surface area contributed by atoms with Crippen molar-refractivity contribution < 1.29 is 29.4 Å². The molecule has 0 bridgehead atoms. The van der Waals surface area contributed by atoms with Crippen molar-refractivity contribution in [2.75, 3.05) is 12.0 Å². The van der Waals surface area contributed by atoms with E-state index in [-0.39, 0.29) is 19.3 Å². The van der Waals surface area contributed by atoms with Crippen molar-refractivity contribution in [3.8, 4) is 0 Å². The number of hydrogen-bond donors (Lipinski definition) is 6. The Hall–Kier alpha value is -3.41. The summed E-state index contributed by atoms with van der Waals surface area (Å²) in [6.07, 6.45) is 1.16. The lowest BCUT2D eigenvalue weighted by Gasteiger charge is -2.25. The Kier molecular flexibility index (Phi) is 12.8. The molecule has 5 atom stereocenters. The monoisotopic (exact) mass is 544 g/mol. The SMILES string of the molecule is CSCCC(NC(=O)C(Cc1ccccc1)NC(=O)C(N)C(C)O)C(=O)NC(Cc1ccccc1)C(=O)O. The maximum Gasteiger partial charge on any atom is 0.326 e. The molecule has 2 rings (SSSR count). The van der Waals surface area contributed by atoms with Crippen molar-refractivity contribution in [2.24, 2.45) is 5.73 Å². The number of carboxylic acids is 1. The Morgan fingerprint density at radius 1 is 0.789 bits per heavy atom. The summed E-state index contributed by atoms with van der Waals surface area (Å²) in [7, 11) is 0. The largest absolute Gasteiger partial charge is 0.480 e. The third-order valence-corrected chi connectivity index (χ3v) is 6.52. The van der Waals surface area contributed by atoms with Gasteiger partial charge in [-0.25, -0.2) is 4.79 Å². The van der Waals surface area contributed by atoms with E-state index in [9.17, 15) is 29.4 Å². The Balaban J connectivity index is 2.20. The third-order valence-electron chi connectivity index (χ3n) is 5.88. The number of amides is 3. The van der Waals surface area contributed by atoms with Gasteiger partial charge in [0.2, 0.25) is 17.7 Å². The zero-order valence-electron chi connectivity index (χ0n) is 21.5. The number of nitrogens with one attached hydrogen (secondary N) is 3. The van der Waals surface area contributed by atoms with E-state index in [4.69, 9.17) is 5.73 Å². The molecule has 10 nitrogen and oxygen atoms in total. The maximum absolute atomic E-state index is 13.3. The van der Waals surface area contributed by atoms with Crippen LogP contribution in [0.4, 0.5) is 0 Å². The summed E-state index contributed by atoms with van der Waals surface area (Å²) in [6, 6.07) is 13.3. The van der Waals surface area contributed by atoms with Gasteiger partial charge in [0.15, 0.2) is 0 Å². The minimum absolute atomic E-state index is 0.0784. The lowest BCUT2D eigenvalue weighted by molar-refractivity contribution is -0.142. The fraction of sp³-hybridized carbons (Fsp3) is 0.407. The van der Waals surface area contributed by atoms with Crippen LogP contribution in [-0.4, -0.2) is 76.2 Å². The first-order valence-corrected chi connectivity index (χ1v) is 13.7. The van der Waals surface area contributed by atoms with Crippen LogP contribution in [0.15, 0.2) is 60.7 Å². The Morgan fingerprint density at radius 2 is 1.24 bits per heavy atom. The molecule has 7 N–H and O–H groups in total. The molecule has 2 aromatic carbocycles. The van der Waals surface area contributed by atoms with Gasteiger partial charge in [0.1, 0.15) is 24.2 Å². The first-order valence-electron chi connectivity index (χ1n) is 12.3. The lowest BCUT2D eigenvalue weighted by atomic mass is 10.0. The van der Waals surface area contributed by atoms with E-state index >= 15 is 0 Å². The van der Waals surface area contributed by atoms with Gasteiger partial charge in [-0.2, -0.15) is 11.8 Å². The number of aliphatic hydroxyl groups is 1. The van der Waals surface area contributed by atoms with Gasteiger partial charge in [-0.3, -0.25) is 14.4 Å². The third kappa shape index (κ3) is 10.2. The van der Waals surface area contributed by atoms with Gasteiger partial charge in [0.25, 0.3) is 0 Å². The van der Waals surface area contributed by atoms with Crippen LogP contribution in [0.5, 0.6) is 0 Å². The molecule has 0 saturated heterocycles. The van der Waals surface area contributed by atoms with Crippen molar-refractivity contribution in [3.05, 3.63) is 71.8 Å². The second-order valence-electron chi connectivity index (χ2n) is 8.95.